The van der Waals surface area contributed by atoms with Crippen molar-refractivity contribution in [3.63, 3.8) is 0 Å². The van der Waals surface area contributed by atoms with E-state index in [9.17, 15) is 17.2 Å². The van der Waals surface area contributed by atoms with Crippen LogP contribution in [0.4, 0.5) is 8.78 Å². The largest absolute Gasteiger partial charge is 0.243 e. The standard InChI is InChI=1S/C19H23F2NO2S/c1-4-22(25(23,24)18-11-9-17(20)10-12-18)15(3)6-8-16-7-5-14(2)13-19(16)21/h5,7,9-13,15H,4,6,8H2,1-3H3. The topological polar surface area (TPSA) is 37.4 Å². The van der Waals surface area contributed by atoms with Gasteiger partial charge < -0.3 is 0 Å². The van der Waals surface area contributed by atoms with Crippen LogP contribution in [0.15, 0.2) is 47.4 Å². The highest BCUT2D eigenvalue weighted by atomic mass is 32.2. The first-order valence-electron chi connectivity index (χ1n) is 8.28. The number of benzene rings is 2. The number of aryl methyl sites for hydroxylation is 2. The van der Waals surface area contributed by atoms with Crippen molar-refractivity contribution in [2.24, 2.45) is 0 Å². The minimum absolute atomic E-state index is 0.0594. The summed E-state index contributed by atoms with van der Waals surface area (Å²) >= 11 is 0. The predicted octanol–water partition coefficient (Wildman–Crippen LogP) is 4.31. The zero-order valence-corrected chi connectivity index (χ0v) is 15.5. The van der Waals surface area contributed by atoms with E-state index in [1.165, 1.54) is 22.5 Å². The molecule has 0 aliphatic rings. The molecular weight excluding hydrogens is 344 g/mol. The van der Waals surface area contributed by atoms with E-state index >= 15 is 0 Å². The molecule has 3 nitrogen and oxygen atoms in total. The Balaban J connectivity index is 2.14. The van der Waals surface area contributed by atoms with Crippen molar-refractivity contribution >= 4 is 10.0 Å². The molecule has 0 amide bonds. The Morgan fingerprint density at radius 2 is 1.72 bits per heavy atom. The van der Waals surface area contributed by atoms with Crippen molar-refractivity contribution in [1.29, 1.82) is 0 Å². The third kappa shape index (κ3) is 4.64. The van der Waals surface area contributed by atoms with E-state index in [2.05, 4.69) is 0 Å². The van der Waals surface area contributed by atoms with Gasteiger partial charge >= 0.3 is 0 Å². The van der Waals surface area contributed by atoms with Crippen molar-refractivity contribution in [3.05, 3.63) is 65.2 Å². The summed E-state index contributed by atoms with van der Waals surface area (Å²) in [7, 11) is -3.72. The Kier molecular flexibility index (Phi) is 6.30. The maximum atomic E-state index is 14.0. The molecule has 2 aromatic rings. The Morgan fingerprint density at radius 3 is 2.28 bits per heavy atom. The van der Waals surface area contributed by atoms with E-state index < -0.39 is 15.8 Å². The molecule has 1 atom stereocenters. The van der Waals surface area contributed by atoms with Gasteiger partial charge in [0.2, 0.25) is 10.0 Å². The summed E-state index contributed by atoms with van der Waals surface area (Å²) in [5.41, 5.74) is 1.43. The lowest BCUT2D eigenvalue weighted by molar-refractivity contribution is 0.333. The zero-order chi connectivity index (χ0) is 18.6. The van der Waals surface area contributed by atoms with Gasteiger partial charge in [0.1, 0.15) is 11.6 Å². The van der Waals surface area contributed by atoms with Crippen LogP contribution in [0.1, 0.15) is 31.4 Å². The number of halogens is 2. The van der Waals surface area contributed by atoms with Crippen LogP contribution in [0.3, 0.4) is 0 Å². The van der Waals surface area contributed by atoms with Gasteiger partial charge in [-0.05, 0) is 68.1 Å². The highest BCUT2D eigenvalue weighted by Gasteiger charge is 2.27. The molecular formula is C19H23F2NO2S. The highest BCUT2D eigenvalue weighted by molar-refractivity contribution is 7.89. The van der Waals surface area contributed by atoms with Crippen LogP contribution < -0.4 is 0 Å². The Hall–Kier alpha value is -1.79. The first-order valence-corrected chi connectivity index (χ1v) is 9.72. The first kappa shape index (κ1) is 19.5. The SMILES string of the molecule is CCN(C(C)CCc1ccc(C)cc1F)S(=O)(=O)c1ccc(F)cc1. The van der Waals surface area contributed by atoms with Crippen molar-refractivity contribution < 1.29 is 17.2 Å². The molecule has 0 bridgehead atoms. The summed E-state index contributed by atoms with van der Waals surface area (Å²) in [6.45, 7) is 5.67. The van der Waals surface area contributed by atoms with Crippen molar-refractivity contribution in [2.45, 2.75) is 44.6 Å². The first-order chi connectivity index (χ1) is 11.8. The fraction of sp³-hybridized carbons (Fsp3) is 0.368. The lowest BCUT2D eigenvalue weighted by Gasteiger charge is -2.27. The van der Waals surface area contributed by atoms with E-state index in [-0.39, 0.29) is 23.3 Å². The smallest absolute Gasteiger partial charge is 0.207 e. The normalized spacial score (nSPS) is 13.2. The maximum absolute atomic E-state index is 14.0. The minimum atomic E-state index is -3.72. The molecule has 0 aliphatic heterocycles. The second kappa shape index (κ2) is 8.06. The fourth-order valence-electron chi connectivity index (χ4n) is 2.82. The predicted molar refractivity (Wildman–Crippen MR) is 94.9 cm³/mol. The van der Waals surface area contributed by atoms with E-state index in [1.54, 1.807) is 19.9 Å². The molecule has 1 unspecified atom stereocenters. The van der Waals surface area contributed by atoms with Gasteiger partial charge in [-0.25, -0.2) is 17.2 Å². The van der Waals surface area contributed by atoms with Gasteiger partial charge in [-0.2, -0.15) is 4.31 Å². The molecule has 6 heteroatoms. The molecule has 136 valence electrons. The number of sulfonamides is 1. The summed E-state index contributed by atoms with van der Waals surface area (Å²) in [6.07, 6.45) is 0.941. The van der Waals surface area contributed by atoms with Gasteiger partial charge in [0.25, 0.3) is 0 Å². The van der Waals surface area contributed by atoms with Gasteiger partial charge in [0, 0.05) is 12.6 Å². The Labute approximate surface area is 148 Å². The summed E-state index contributed by atoms with van der Waals surface area (Å²) in [6, 6.07) is 9.55. The molecule has 0 spiro atoms. The second-order valence-electron chi connectivity index (χ2n) is 6.14. The number of hydrogen-bond acceptors (Lipinski definition) is 2. The number of hydrogen-bond donors (Lipinski definition) is 0. The second-order valence-corrected chi connectivity index (χ2v) is 8.04. The molecule has 0 heterocycles. The van der Waals surface area contributed by atoms with E-state index in [1.807, 2.05) is 13.0 Å². The molecule has 0 saturated heterocycles. The van der Waals surface area contributed by atoms with Gasteiger partial charge in [-0.1, -0.05) is 19.1 Å². The van der Waals surface area contributed by atoms with Gasteiger partial charge in [-0.15, -0.1) is 0 Å². The zero-order valence-electron chi connectivity index (χ0n) is 14.7. The fourth-order valence-corrected chi connectivity index (χ4v) is 4.49. The lowest BCUT2D eigenvalue weighted by Crippen LogP contribution is -2.38. The molecule has 0 fully saturated rings. The third-order valence-corrected chi connectivity index (χ3v) is 6.37. The average molecular weight is 367 g/mol. The molecule has 0 saturated carbocycles. The maximum Gasteiger partial charge on any atom is 0.243 e. The van der Waals surface area contributed by atoms with E-state index in [4.69, 9.17) is 0 Å². The Morgan fingerprint density at radius 1 is 1.08 bits per heavy atom. The summed E-state index contributed by atoms with van der Waals surface area (Å²) < 4.78 is 53.9. The van der Waals surface area contributed by atoms with Crippen molar-refractivity contribution in [3.8, 4) is 0 Å². The van der Waals surface area contributed by atoms with Crippen molar-refractivity contribution in [1.82, 2.24) is 4.31 Å². The summed E-state index contributed by atoms with van der Waals surface area (Å²) in [5.74, 6) is -0.749. The van der Waals surface area contributed by atoms with Gasteiger partial charge in [0.05, 0.1) is 4.90 Å². The number of rotatable bonds is 7. The van der Waals surface area contributed by atoms with Gasteiger partial charge in [-0.3, -0.25) is 0 Å². The molecule has 2 aromatic carbocycles. The average Bonchev–Trinajstić information content (AvgIpc) is 2.55. The quantitative estimate of drug-likeness (QED) is 0.731. The minimum Gasteiger partial charge on any atom is -0.207 e. The molecule has 0 radical (unpaired) electrons. The van der Waals surface area contributed by atoms with Crippen LogP contribution in [0.5, 0.6) is 0 Å². The van der Waals surface area contributed by atoms with Crippen LogP contribution in [-0.4, -0.2) is 25.3 Å². The van der Waals surface area contributed by atoms with Crippen LogP contribution in [0.25, 0.3) is 0 Å². The monoisotopic (exact) mass is 367 g/mol. The van der Waals surface area contributed by atoms with Crippen LogP contribution >= 0.6 is 0 Å². The van der Waals surface area contributed by atoms with Gasteiger partial charge in [0.15, 0.2) is 0 Å². The van der Waals surface area contributed by atoms with E-state index in [0.29, 0.717) is 18.4 Å². The molecule has 2 rings (SSSR count). The van der Waals surface area contributed by atoms with Crippen LogP contribution in [0, 0.1) is 18.6 Å². The Bertz CT molecular complexity index is 820. The molecule has 0 aromatic heterocycles. The molecule has 0 N–H and O–H groups in total. The lowest BCUT2D eigenvalue weighted by atomic mass is 10.0. The van der Waals surface area contributed by atoms with E-state index in [0.717, 1.165) is 17.7 Å². The van der Waals surface area contributed by atoms with Crippen LogP contribution in [0.2, 0.25) is 0 Å². The van der Waals surface area contributed by atoms with Crippen molar-refractivity contribution in [2.75, 3.05) is 6.54 Å². The third-order valence-electron chi connectivity index (χ3n) is 4.26. The summed E-state index contributed by atoms with van der Waals surface area (Å²) in [5, 5.41) is 0. The summed E-state index contributed by atoms with van der Waals surface area (Å²) in [4.78, 5) is 0.0594. The molecule has 25 heavy (non-hydrogen) atoms. The number of nitrogens with zero attached hydrogens (tertiary/aromatic N) is 1. The van der Waals surface area contributed by atoms with Crippen LogP contribution in [-0.2, 0) is 16.4 Å². The molecule has 0 aliphatic carbocycles. The highest BCUT2D eigenvalue weighted by Crippen LogP contribution is 2.21.